The molecular formula is C14H15BrN2S. The van der Waals surface area contributed by atoms with E-state index >= 15 is 0 Å². The Morgan fingerprint density at radius 2 is 2.28 bits per heavy atom. The van der Waals surface area contributed by atoms with Gasteiger partial charge in [0.15, 0.2) is 0 Å². The third kappa shape index (κ3) is 2.26. The number of hydrazine groups is 1. The fourth-order valence-electron chi connectivity index (χ4n) is 2.65. The molecule has 1 aromatic heterocycles. The number of nitrogens with one attached hydrogen (secondary N) is 1. The van der Waals surface area contributed by atoms with Gasteiger partial charge >= 0.3 is 0 Å². The quantitative estimate of drug-likeness (QED) is 0.670. The Bertz CT molecular complexity index is 552. The lowest BCUT2D eigenvalue weighted by atomic mass is 9.73. The van der Waals surface area contributed by atoms with Crippen molar-refractivity contribution in [3.63, 3.8) is 0 Å². The molecule has 3 N–H and O–H groups in total. The summed E-state index contributed by atoms with van der Waals surface area (Å²) in [5.41, 5.74) is 5.92. The van der Waals surface area contributed by atoms with Crippen LogP contribution in [0.5, 0.6) is 0 Å². The van der Waals surface area contributed by atoms with E-state index in [0.717, 1.165) is 17.3 Å². The Morgan fingerprint density at radius 1 is 1.44 bits per heavy atom. The molecule has 1 aliphatic carbocycles. The van der Waals surface area contributed by atoms with Crippen LogP contribution in [-0.4, -0.2) is 6.04 Å². The van der Waals surface area contributed by atoms with E-state index in [9.17, 15) is 0 Å². The largest absolute Gasteiger partial charge is 0.271 e. The lowest BCUT2D eigenvalue weighted by Crippen LogP contribution is -2.45. The normalized spacial score (nSPS) is 19.1. The molecule has 0 amide bonds. The zero-order valence-electron chi connectivity index (χ0n) is 9.90. The molecule has 2 atom stereocenters. The zero-order valence-corrected chi connectivity index (χ0v) is 12.3. The first-order chi connectivity index (χ1) is 8.78. The van der Waals surface area contributed by atoms with Gasteiger partial charge in [-0.05, 0) is 46.0 Å². The molecule has 0 radical (unpaired) electrons. The minimum absolute atomic E-state index is 0.324. The molecule has 0 aliphatic heterocycles. The topological polar surface area (TPSA) is 38.0 Å². The number of hydrogen-bond donors (Lipinski definition) is 2. The first-order valence-corrected chi connectivity index (χ1v) is 7.72. The van der Waals surface area contributed by atoms with Gasteiger partial charge in [0.05, 0.1) is 0 Å². The molecule has 4 heteroatoms. The van der Waals surface area contributed by atoms with Gasteiger partial charge in [-0.25, -0.2) is 0 Å². The third-order valence-corrected chi connectivity index (χ3v) is 5.36. The molecule has 18 heavy (non-hydrogen) atoms. The minimum atomic E-state index is 0.324. The highest BCUT2D eigenvalue weighted by Crippen LogP contribution is 2.38. The van der Waals surface area contributed by atoms with E-state index in [0.29, 0.717) is 12.0 Å². The number of fused-ring (bicyclic) bond motifs is 1. The summed E-state index contributed by atoms with van der Waals surface area (Å²) in [4.78, 5) is 1.37. The van der Waals surface area contributed by atoms with Gasteiger partial charge < -0.3 is 0 Å². The van der Waals surface area contributed by atoms with Crippen molar-refractivity contribution in [1.82, 2.24) is 5.43 Å². The highest BCUT2D eigenvalue weighted by molar-refractivity contribution is 9.10. The van der Waals surface area contributed by atoms with E-state index in [1.807, 2.05) is 0 Å². The Labute approximate surface area is 119 Å². The van der Waals surface area contributed by atoms with Crippen LogP contribution in [0.4, 0.5) is 0 Å². The molecule has 2 unspecified atom stereocenters. The maximum absolute atomic E-state index is 5.74. The molecule has 0 fully saturated rings. The maximum Gasteiger partial charge on any atom is 0.0330 e. The molecule has 1 aliphatic rings. The molecule has 0 saturated heterocycles. The van der Waals surface area contributed by atoms with Gasteiger partial charge in [-0.3, -0.25) is 11.3 Å². The number of halogens is 1. The van der Waals surface area contributed by atoms with E-state index in [4.69, 9.17) is 5.84 Å². The highest BCUT2D eigenvalue weighted by Gasteiger charge is 2.32. The fraction of sp³-hybridized carbons (Fsp3) is 0.286. The van der Waals surface area contributed by atoms with Crippen molar-refractivity contribution in [2.45, 2.75) is 24.8 Å². The standard InChI is InChI=1S/C14H15BrN2S/c15-10-6-11(18-8-10)7-14(17-16)13-5-9-3-1-2-4-12(9)13/h1-4,6,8,13-14,17H,5,7,16H2. The Morgan fingerprint density at radius 3 is 2.94 bits per heavy atom. The van der Waals surface area contributed by atoms with E-state index in [1.165, 1.54) is 16.0 Å². The van der Waals surface area contributed by atoms with Crippen molar-refractivity contribution in [3.8, 4) is 0 Å². The molecule has 1 aromatic carbocycles. The second kappa shape index (κ2) is 5.13. The number of rotatable bonds is 4. The van der Waals surface area contributed by atoms with E-state index in [1.54, 1.807) is 11.3 Å². The fourth-order valence-corrected chi connectivity index (χ4v) is 4.16. The van der Waals surface area contributed by atoms with Crippen LogP contribution >= 0.6 is 27.3 Å². The second-order valence-electron chi connectivity index (χ2n) is 4.72. The average Bonchev–Trinajstić information content (AvgIpc) is 2.75. The maximum atomic E-state index is 5.74. The summed E-state index contributed by atoms with van der Waals surface area (Å²) in [5, 5.41) is 2.12. The molecule has 1 heterocycles. The number of nitrogens with two attached hydrogens (primary N) is 1. The Kier molecular flexibility index (Phi) is 3.52. The van der Waals surface area contributed by atoms with Gasteiger partial charge in [0, 0.05) is 26.7 Å². The van der Waals surface area contributed by atoms with Crippen LogP contribution in [-0.2, 0) is 12.8 Å². The summed E-state index contributed by atoms with van der Waals surface area (Å²) in [6.45, 7) is 0. The molecule has 2 aromatic rings. The van der Waals surface area contributed by atoms with E-state index in [2.05, 4.69) is 57.1 Å². The molecule has 0 spiro atoms. The molecule has 94 valence electrons. The molecule has 0 saturated carbocycles. The van der Waals surface area contributed by atoms with Crippen LogP contribution in [0, 0.1) is 0 Å². The third-order valence-electron chi connectivity index (χ3n) is 3.64. The summed E-state index contributed by atoms with van der Waals surface area (Å²) in [5.74, 6) is 6.29. The zero-order chi connectivity index (χ0) is 12.5. The molecular weight excluding hydrogens is 308 g/mol. The van der Waals surface area contributed by atoms with Gasteiger partial charge in [0.25, 0.3) is 0 Å². The first kappa shape index (κ1) is 12.4. The van der Waals surface area contributed by atoms with E-state index in [-0.39, 0.29) is 0 Å². The number of hydrogen-bond acceptors (Lipinski definition) is 3. The van der Waals surface area contributed by atoms with Gasteiger partial charge in [-0.15, -0.1) is 11.3 Å². The van der Waals surface area contributed by atoms with Crippen molar-refractivity contribution < 1.29 is 0 Å². The van der Waals surface area contributed by atoms with Crippen molar-refractivity contribution in [2.75, 3.05) is 0 Å². The summed E-state index contributed by atoms with van der Waals surface area (Å²) >= 11 is 5.28. The molecule has 0 bridgehead atoms. The van der Waals surface area contributed by atoms with E-state index < -0.39 is 0 Å². The summed E-state index contributed by atoms with van der Waals surface area (Å²) < 4.78 is 1.16. The second-order valence-corrected chi connectivity index (χ2v) is 6.63. The van der Waals surface area contributed by atoms with Gasteiger partial charge in [-0.2, -0.15) is 0 Å². The van der Waals surface area contributed by atoms with Crippen LogP contribution in [0.15, 0.2) is 40.2 Å². The van der Waals surface area contributed by atoms with Crippen molar-refractivity contribution in [1.29, 1.82) is 0 Å². The Hall–Kier alpha value is -0.680. The van der Waals surface area contributed by atoms with Crippen molar-refractivity contribution in [2.24, 2.45) is 5.84 Å². The minimum Gasteiger partial charge on any atom is -0.271 e. The SMILES string of the molecule is NNC(Cc1cc(Br)cs1)C1Cc2ccccc21. The highest BCUT2D eigenvalue weighted by atomic mass is 79.9. The molecule has 2 nitrogen and oxygen atoms in total. The lowest BCUT2D eigenvalue weighted by molar-refractivity contribution is 0.406. The van der Waals surface area contributed by atoms with Crippen LogP contribution in [0.3, 0.4) is 0 Å². The smallest absolute Gasteiger partial charge is 0.0330 e. The lowest BCUT2D eigenvalue weighted by Gasteiger charge is -2.36. The first-order valence-electron chi connectivity index (χ1n) is 6.05. The van der Waals surface area contributed by atoms with Gasteiger partial charge in [-0.1, -0.05) is 24.3 Å². The van der Waals surface area contributed by atoms with Crippen LogP contribution < -0.4 is 11.3 Å². The van der Waals surface area contributed by atoms with Gasteiger partial charge in [0.2, 0.25) is 0 Å². The number of benzene rings is 1. The summed E-state index contributed by atoms with van der Waals surface area (Å²) in [7, 11) is 0. The predicted molar refractivity (Wildman–Crippen MR) is 79.7 cm³/mol. The van der Waals surface area contributed by atoms with Crippen LogP contribution in [0.2, 0.25) is 0 Å². The predicted octanol–water partition coefficient (Wildman–Crippen LogP) is 3.22. The van der Waals surface area contributed by atoms with Crippen LogP contribution in [0.25, 0.3) is 0 Å². The Balaban J connectivity index is 1.75. The summed E-state index contributed by atoms with van der Waals surface area (Å²) in [6, 6.07) is 11.2. The van der Waals surface area contributed by atoms with Crippen molar-refractivity contribution >= 4 is 27.3 Å². The monoisotopic (exact) mass is 322 g/mol. The van der Waals surface area contributed by atoms with Gasteiger partial charge in [0.1, 0.15) is 0 Å². The number of thiophene rings is 1. The van der Waals surface area contributed by atoms with Crippen molar-refractivity contribution in [3.05, 3.63) is 56.2 Å². The average molecular weight is 323 g/mol. The summed E-state index contributed by atoms with van der Waals surface area (Å²) in [6.07, 6.45) is 2.13. The van der Waals surface area contributed by atoms with Crippen LogP contribution in [0.1, 0.15) is 21.9 Å². The molecule has 3 rings (SSSR count).